The van der Waals surface area contributed by atoms with Gasteiger partial charge in [0.1, 0.15) is 18.1 Å². The molecule has 210 valence electrons. The van der Waals surface area contributed by atoms with Crippen LogP contribution in [0.25, 0.3) is 0 Å². The largest absolute Gasteiger partial charge is 0.489 e. The summed E-state index contributed by atoms with van der Waals surface area (Å²) < 4.78 is 13.8. The molecule has 1 aliphatic carbocycles. The van der Waals surface area contributed by atoms with Crippen LogP contribution in [0.3, 0.4) is 0 Å². The first-order valence-corrected chi connectivity index (χ1v) is 15.9. The number of nitrogens with one attached hydrogen (secondary N) is 1. The summed E-state index contributed by atoms with van der Waals surface area (Å²) in [5, 5.41) is 3.84. The smallest absolute Gasteiger partial charge is 0.124 e. The zero-order chi connectivity index (χ0) is 28.5. The molecule has 0 spiro atoms. The number of rotatable bonds is 9. The van der Waals surface area contributed by atoms with Crippen LogP contribution in [0.1, 0.15) is 41.7 Å². The van der Waals surface area contributed by atoms with Crippen LogP contribution in [0.5, 0.6) is 5.75 Å². The number of allylic oxidation sites excluding steroid dienone is 1. The predicted molar refractivity (Wildman–Crippen MR) is 173 cm³/mol. The van der Waals surface area contributed by atoms with Gasteiger partial charge in [-0.05, 0) is 73.2 Å². The normalized spacial score (nSPS) is 22.8. The van der Waals surface area contributed by atoms with Crippen LogP contribution in [0, 0.1) is 0 Å². The Labute approximate surface area is 256 Å². The number of halogens is 1. The average molecular weight is 627 g/mol. The Morgan fingerprint density at radius 2 is 1.71 bits per heavy atom. The summed E-state index contributed by atoms with van der Waals surface area (Å²) in [6.07, 6.45) is 3.97. The maximum absolute atomic E-state index is 6.66. The minimum Gasteiger partial charge on any atom is -0.489 e. The maximum Gasteiger partial charge on any atom is 0.124 e. The SMILES string of the molecule is C=CC1(c2cc(C[C@H]3COC(C)(C)N3)ccc2OCc2ccccc2)c2cccc(Br)c2CC1Sc1ccccc1. The van der Waals surface area contributed by atoms with Crippen molar-refractivity contribution in [2.24, 2.45) is 0 Å². The van der Waals surface area contributed by atoms with E-state index in [9.17, 15) is 0 Å². The van der Waals surface area contributed by atoms with Crippen LogP contribution >= 0.6 is 27.7 Å². The molecule has 1 N–H and O–H groups in total. The van der Waals surface area contributed by atoms with Crippen molar-refractivity contribution in [1.82, 2.24) is 5.32 Å². The topological polar surface area (TPSA) is 30.5 Å². The molecule has 2 aliphatic rings. The zero-order valence-electron chi connectivity index (χ0n) is 23.6. The fourth-order valence-electron chi connectivity index (χ4n) is 6.31. The number of thioether (sulfide) groups is 1. The van der Waals surface area contributed by atoms with E-state index < -0.39 is 5.41 Å². The molecule has 1 heterocycles. The molecule has 0 aromatic heterocycles. The minimum absolute atomic E-state index is 0.206. The van der Waals surface area contributed by atoms with Crippen molar-refractivity contribution in [2.45, 2.75) is 60.6 Å². The van der Waals surface area contributed by atoms with E-state index in [1.54, 1.807) is 0 Å². The average Bonchev–Trinajstić information content (AvgIpc) is 3.50. The van der Waals surface area contributed by atoms with Crippen LogP contribution < -0.4 is 10.1 Å². The predicted octanol–water partition coefficient (Wildman–Crippen LogP) is 8.48. The van der Waals surface area contributed by atoms with Crippen molar-refractivity contribution in [1.29, 1.82) is 0 Å². The molecule has 0 saturated carbocycles. The molecule has 1 saturated heterocycles. The number of hydrogen-bond acceptors (Lipinski definition) is 4. The van der Waals surface area contributed by atoms with E-state index in [1.165, 1.54) is 27.1 Å². The molecule has 0 amide bonds. The highest BCUT2D eigenvalue weighted by Gasteiger charge is 2.49. The van der Waals surface area contributed by atoms with E-state index in [1.807, 2.05) is 17.8 Å². The Bertz CT molecular complexity index is 1520. The molecule has 4 aromatic rings. The molecule has 1 aliphatic heterocycles. The third-order valence-electron chi connectivity index (χ3n) is 8.21. The quantitative estimate of drug-likeness (QED) is 0.189. The first-order valence-electron chi connectivity index (χ1n) is 14.2. The van der Waals surface area contributed by atoms with Crippen molar-refractivity contribution < 1.29 is 9.47 Å². The highest BCUT2D eigenvalue weighted by Crippen LogP contribution is 2.55. The van der Waals surface area contributed by atoms with Gasteiger partial charge in [0.05, 0.1) is 12.0 Å². The molecule has 0 radical (unpaired) electrons. The van der Waals surface area contributed by atoms with E-state index >= 15 is 0 Å². The molecular formula is C36H36BrNO2S. The lowest BCUT2D eigenvalue weighted by Crippen LogP contribution is -2.39. The van der Waals surface area contributed by atoms with E-state index in [0.717, 1.165) is 28.6 Å². The molecule has 1 fully saturated rings. The number of fused-ring (bicyclic) bond motifs is 1. The van der Waals surface area contributed by atoms with Crippen molar-refractivity contribution in [3.05, 3.63) is 142 Å². The lowest BCUT2D eigenvalue weighted by atomic mass is 9.74. The lowest BCUT2D eigenvalue weighted by molar-refractivity contribution is 0.0231. The van der Waals surface area contributed by atoms with Crippen molar-refractivity contribution >= 4 is 27.7 Å². The van der Waals surface area contributed by atoms with Gasteiger partial charge in [0.25, 0.3) is 0 Å². The van der Waals surface area contributed by atoms with Crippen LogP contribution in [0.4, 0.5) is 0 Å². The van der Waals surface area contributed by atoms with Gasteiger partial charge in [0.15, 0.2) is 0 Å². The van der Waals surface area contributed by atoms with Gasteiger partial charge in [0, 0.05) is 26.2 Å². The third-order valence-corrected chi connectivity index (χ3v) is 10.3. The Hall–Kier alpha value is -2.83. The van der Waals surface area contributed by atoms with Crippen LogP contribution in [0.2, 0.25) is 0 Å². The second-order valence-electron chi connectivity index (χ2n) is 11.4. The van der Waals surface area contributed by atoms with Gasteiger partial charge in [-0.25, -0.2) is 0 Å². The lowest BCUT2D eigenvalue weighted by Gasteiger charge is -2.36. The van der Waals surface area contributed by atoms with Gasteiger partial charge in [-0.2, -0.15) is 0 Å². The number of benzene rings is 4. The molecule has 4 aromatic carbocycles. The summed E-state index contributed by atoms with van der Waals surface area (Å²) in [5.41, 5.74) is 5.47. The van der Waals surface area contributed by atoms with Crippen LogP contribution in [-0.4, -0.2) is 23.6 Å². The first-order chi connectivity index (χ1) is 19.9. The van der Waals surface area contributed by atoms with Crippen LogP contribution in [0.15, 0.2) is 119 Å². The Morgan fingerprint density at radius 3 is 2.41 bits per heavy atom. The minimum atomic E-state index is -0.444. The second kappa shape index (κ2) is 11.8. The first kappa shape index (κ1) is 28.3. The molecule has 3 nitrogen and oxygen atoms in total. The summed E-state index contributed by atoms with van der Waals surface area (Å²) in [7, 11) is 0. The summed E-state index contributed by atoms with van der Waals surface area (Å²) >= 11 is 5.80. The molecule has 5 heteroatoms. The van der Waals surface area contributed by atoms with Gasteiger partial charge in [-0.3, -0.25) is 5.32 Å². The van der Waals surface area contributed by atoms with E-state index in [4.69, 9.17) is 9.47 Å². The number of hydrogen-bond donors (Lipinski definition) is 1. The molecule has 6 rings (SSSR count). The summed E-state index contributed by atoms with van der Waals surface area (Å²) in [6, 6.07) is 34.7. The Morgan fingerprint density at radius 1 is 0.951 bits per heavy atom. The van der Waals surface area contributed by atoms with Gasteiger partial charge < -0.3 is 9.47 Å². The zero-order valence-corrected chi connectivity index (χ0v) is 26.0. The molecule has 0 bridgehead atoms. The van der Waals surface area contributed by atoms with E-state index in [2.05, 4.69) is 139 Å². The highest BCUT2D eigenvalue weighted by molar-refractivity contribution is 9.10. The monoisotopic (exact) mass is 625 g/mol. The molecule has 2 unspecified atom stereocenters. The Balaban J connectivity index is 1.46. The molecule has 41 heavy (non-hydrogen) atoms. The summed E-state index contributed by atoms with van der Waals surface area (Å²) in [6.45, 7) is 9.89. The van der Waals surface area contributed by atoms with Crippen molar-refractivity contribution in [3.63, 3.8) is 0 Å². The van der Waals surface area contributed by atoms with E-state index in [0.29, 0.717) is 13.2 Å². The highest BCUT2D eigenvalue weighted by atomic mass is 79.9. The van der Waals surface area contributed by atoms with Gasteiger partial charge in [-0.1, -0.05) is 94.8 Å². The maximum atomic E-state index is 6.66. The van der Waals surface area contributed by atoms with Gasteiger partial charge in [-0.15, -0.1) is 18.3 Å². The van der Waals surface area contributed by atoms with Gasteiger partial charge >= 0.3 is 0 Å². The van der Waals surface area contributed by atoms with Crippen molar-refractivity contribution in [3.8, 4) is 5.75 Å². The molecular weight excluding hydrogens is 590 g/mol. The van der Waals surface area contributed by atoms with E-state index in [-0.39, 0.29) is 17.0 Å². The number of ether oxygens (including phenoxy) is 2. The third kappa shape index (κ3) is 5.78. The fourth-order valence-corrected chi connectivity index (χ4v) is 8.27. The van der Waals surface area contributed by atoms with Crippen molar-refractivity contribution in [2.75, 3.05) is 6.61 Å². The molecule has 3 atom stereocenters. The fraction of sp³-hybridized carbons (Fsp3) is 0.278. The standard InChI is InChI=1S/C36H36BrNO2S/c1-4-36(30-16-11-17-32(37)29(30)22-34(36)41-28-14-9-6-10-15-28)31-21-26(20-27-24-40-35(2,3)38-27)18-19-33(31)39-23-25-12-7-5-8-13-25/h4-19,21,27,34,38H,1,20,22-24H2,2-3H3/t27-,34?,36?/m0/s1. The second-order valence-corrected chi connectivity index (χ2v) is 13.6. The summed E-state index contributed by atoms with van der Waals surface area (Å²) in [4.78, 5) is 1.25. The van der Waals surface area contributed by atoms with Gasteiger partial charge in [0.2, 0.25) is 0 Å². The summed E-state index contributed by atoms with van der Waals surface area (Å²) in [5.74, 6) is 0.903. The van der Waals surface area contributed by atoms with Crippen LogP contribution in [-0.2, 0) is 29.6 Å². The Kier molecular flexibility index (Phi) is 8.15.